The first-order valence-corrected chi connectivity index (χ1v) is 9.69. The summed E-state index contributed by atoms with van der Waals surface area (Å²) in [6.07, 6.45) is 3.73. The molecule has 1 aromatic rings. The van der Waals surface area contributed by atoms with Gasteiger partial charge in [-0.15, -0.1) is 0 Å². The van der Waals surface area contributed by atoms with Gasteiger partial charge in [-0.25, -0.2) is 0 Å². The van der Waals surface area contributed by atoms with Gasteiger partial charge in [0.1, 0.15) is 5.78 Å². The molecule has 0 heterocycles. The van der Waals surface area contributed by atoms with Crippen molar-refractivity contribution in [1.29, 1.82) is 0 Å². The second kappa shape index (κ2) is 10.6. The molecule has 1 fully saturated rings. The van der Waals surface area contributed by atoms with Gasteiger partial charge < -0.3 is 24.8 Å². The SMILES string of the molecule is COc1cc(CC[C@@H](O)CC(=O)CC[C@@H]2CC[C@H](O)[C@H](OC)C2)ccc1O. The van der Waals surface area contributed by atoms with Crippen LogP contribution in [0.5, 0.6) is 11.5 Å². The number of aromatic hydroxyl groups is 1. The summed E-state index contributed by atoms with van der Waals surface area (Å²) >= 11 is 0. The Morgan fingerprint density at radius 2 is 2.07 bits per heavy atom. The number of methoxy groups -OCH3 is 2. The highest BCUT2D eigenvalue weighted by Gasteiger charge is 2.29. The number of aliphatic hydroxyl groups excluding tert-OH is 2. The van der Waals surface area contributed by atoms with Gasteiger partial charge in [0.05, 0.1) is 25.4 Å². The fraction of sp³-hybridized carbons (Fsp3) is 0.667. The lowest BCUT2D eigenvalue weighted by atomic mass is 9.82. The van der Waals surface area contributed by atoms with Crippen LogP contribution in [0.3, 0.4) is 0 Å². The van der Waals surface area contributed by atoms with Crippen LogP contribution in [0.1, 0.15) is 50.5 Å². The number of phenols is 1. The Hall–Kier alpha value is -1.63. The quantitative estimate of drug-likeness (QED) is 0.577. The van der Waals surface area contributed by atoms with Crippen LogP contribution >= 0.6 is 0 Å². The fourth-order valence-corrected chi connectivity index (χ4v) is 3.75. The van der Waals surface area contributed by atoms with Crippen molar-refractivity contribution >= 4 is 5.78 Å². The third-order valence-electron chi connectivity index (χ3n) is 5.47. The number of Topliss-reactive ketones (excluding diaryl/α,β-unsaturated/α-hetero) is 1. The summed E-state index contributed by atoms with van der Waals surface area (Å²) in [5.41, 5.74) is 0.947. The number of carbonyl (C=O) groups is 1. The molecule has 0 spiro atoms. The number of ether oxygens (including phenoxy) is 2. The zero-order valence-corrected chi connectivity index (χ0v) is 16.3. The van der Waals surface area contributed by atoms with E-state index in [1.165, 1.54) is 7.11 Å². The number of benzene rings is 1. The highest BCUT2D eigenvalue weighted by molar-refractivity contribution is 5.78. The Bertz CT molecular complexity index is 602. The molecule has 0 aromatic heterocycles. The molecule has 152 valence electrons. The van der Waals surface area contributed by atoms with Crippen LogP contribution in [-0.4, -0.2) is 53.6 Å². The van der Waals surface area contributed by atoms with Crippen molar-refractivity contribution < 1.29 is 29.6 Å². The van der Waals surface area contributed by atoms with E-state index < -0.39 is 12.2 Å². The standard InChI is InChI=1S/C21H32O6/c1-26-20-11-14(5-9-18(20)24)3-7-16(22)13-17(23)8-4-15-6-10-19(25)21(12-15)27-2/h5,9,11,15-16,19,21-22,24-25H,3-4,6-8,10,12-13H2,1-2H3/t15-,16-,19+,21-/m1/s1. The average molecular weight is 380 g/mol. The van der Waals surface area contributed by atoms with Crippen LogP contribution in [0.25, 0.3) is 0 Å². The summed E-state index contributed by atoms with van der Waals surface area (Å²) in [5, 5.41) is 29.6. The average Bonchev–Trinajstić information content (AvgIpc) is 2.66. The highest BCUT2D eigenvalue weighted by Crippen LogP contribution is 2.30. The first-order chi connectivity index (χ1) is 12.9. The lowest BCUT2D eigenvalue weighted by Crippen LogP contribution is -2.35. The molecule has 1 aliphatic carbocycles. The van der Waals surface area contributed by atoms with Crippen LogP contribution < -0.4 is 4.74 Å². The summed E-state index contributed by atoms with van der Waals surface area (Å²) < 4.78 is 10.4. The molecule has 6 heteroatoms. The number of aliphatic hydroxyl groups is 2. The molecule has 4 atom stereocenters. The van der Waals surface area contributed by atoms with E-state index in [-0.39, 0.29) is 24.1 Å². The number of aryl methyl sites for hydroxylation is 1. The molecule has 1 aliphatic rings. The molecule has 0 aliphatic heterocycles. The van der Waals surface area contributed by atoms with Crippen LogP contribution in [0.4, 0.5) is 0 Å². The van der Waals surface area contributed by atoms with Gasteiger partial charge in [0.2, 0.25) is 0 Å². The van der Waals surface area contributed by atoms with Crippen molar-refractivity contribution in [3.05, 3.63) is 23.8 Å². The Kier molecular flexibility index (Phi) is 8.54. The van der Waals surface area contributed by atoms with Gasteiger partial charge in [-0.1, -0.05) is 6.07 Å². The Morgan fingerprint density at radius 3 is 2.78 bits per heavy atom. The van der Waals surface area contributed by atoms with Gasteiger partial charge in [-0.3, -0.25) is 4.79 Å². The van der Waals surface area contributed by atoms with Gasteiger partial charge in [0.15, 0.2) is 11.5 Å². The van der Waals surface area contributed by atoms with Crippen molar-refractivity contribution in [1.82, 2.24) is 0 Å². The first-order valence-electron chi connectivity index (χ1n) is 9.69. The molecular weight excluding hydrogens is 348 g/mol. The molecule has 2 rings (SSSR count). The Labute approximate surface area is 161 Å². The second-order valence-corrected chi connectivity index (χ2v) is 7.50. The number of ketones is 1. The van der Waals surface area contributed by atoms with E-state index in [2.05, 4.69) is 0 Å². The third-order valence-corrected chi connectivity index (χ3v) is 5.47. The number of hydrogen-bond donors (Lipinski definition) is 3. The van der Waals surface area contributed by atoms with E-state index in [1.54, 1.807) is 25.3 Å². The summed E-state index contributed by atoms with van der Waals surface area (Å²) in [5.74, 6) is 0.961. The smallest absolute Gasteiger partial charge is 0.160 e. The molecule has 0 amide bonds. The molecule has 0 bridgehead atoms. The van der Waals surface area contributed by atoms with Gasteiger partial charge in [0.25, 0.3) is 0 Å². The highest BCUT2D eigenvalue weighted by atomic mass is 16.5. The van der Waals surface area contributed by atoms with Gasteiger partial charge >= 0.3 is 0 Å². The van der Waals surface area contributed by atoms with E-state index >= 15 is 0 Å². The summed E-state index contributed by atoms with van der Waals surface area (Å²) in [7, 11) is 3.11. The van der Waals surface area contributed by atoms with E-state index in [1.807, 2.05) is 0 Å². The summed E-state index contributed by atoms with van der Waals surface area (Å²) in [4.78, 5) is 12.2. The molecule has 0 unspecified atom stereocenters. The molecule has 27 heavy (non-hydrogen) atoms. The minimum absolute atomic E-state index is 0.0749. The van der Waals surface area contributed by atoms with Crippen molar-refractivity contribution in [2.24, 2.45) is 5.92 Å². The van der Waals surface area contributed by atoms with Crippen LogP contribution in [0.15, 0.2) is 18.2 Å². The second-order valence-electron chi connectivity index (χ2n) is 7.50. The molecule has 6 nitrogen and oxygen atoms in total. The number of rotatable bonds is 10. The molecular formula is C21H32O6. The maximum Gasteiger partial charge on any atom is 0.160 e. The monoisotopic (exact) mass is 380 g/mol. The van der Waals surface area contributed by atoms with Gasteiger partial charge in [-0.2, -0.15) is 0 Å². The van der Waals surface area contributed by atoms with Crippen molar-refractivity contribution in [3.63, 3.8) is 0 Å². The van der Waals surface area contributed by atoms with E-state index in [4.69, 9.17) is 9.47 Å². The maximum atomic E-state index is 12.2. The maximum absolute atomic E-state index is 12.2. The van der Waals surface area contributed by atoms with Crippen molar-refractivity contribution in [3.8, 4) is 11.5 Å². The van der Waals surface area contributed by atoms with Gasteiger partial charge in [-0.05, 0) is 62.1 Å². The molecule has 0 radical (unpaired) electrons. The number of phenolic OH excluding ortho intramolecular Hbond substituents is 1. The Balaban J connectivity index is 1.69. The molecule has 1 saturated carbocycles. The van der Waals surface area contributed by atoms with Crippen LogP contribution in [0.2, 0.25) is 0 Å². The first kappa shape index (κ1) is 21.7. The van der Waals surface area contributed by atoms with Crippen LogP contribution in [-0.2, 0) is 16.0 Å². The van der Waals surface area contributed by atoms with E-state index in [0.717, 1.165) is 31.2 Å². The minimum Gasteiger partial charge on any atom is -0.504 e. The van der Waals surface area contributed by atoms with Crippen LogP contribution in [0, 0.1) is 5.92 Å². The zero-order valence-electron chi connectivity index (χ0n) is 16.3. The predicted molar refractivity (Wildman–Crippen MR) is 102 cm³/mol. The summed E-state index contributed by atoms with van der Waals surface area (Å²) in [6, 6.07) is 5.10. The number of carbonyl (C=O) groups excluding carboxylic acids is 1. The van der Waals surface area contributed by atoms with E-state index in [9.17, 15) is 20.1 Å². The molecule has 0 saturated heterocycles. The molecule has 1 aromatic carbocycles. The molecule has 3 N–H and O–H groups in total. The third kappa shape index (κ3) is 6.79. The number of hydrogen-bond acceptors (Lipinski definition) is 6. The largest absolute Gasteiger partial charge is 0.504 e. The van der Waals surface area contributed by atoms with Gasteiger partial charge in [0, 0.05) is 20.0 Å². The van der Waals surface area contributed by atoms with E-state index in [0.29, 0.717) is 30.9 Å². The lowest BCUT2D eigenvalue weighted by molar-refractivity contribution is -0.121. The zero-order chi connectivity index (χ0) is 19.8. The predicted octanol–water partition coefficient (Wildman–Crippen LogP) is 2.61. The Morgan fingerprint density at radius 1 is 1.30 bits per heavy atom. The fourth-order valence-electron chi connectivity index (χ4n) is 3.75. The minimum atomic E-state index is -0.669. The van der Waals surface area contributed by atoms with Crippen molar-refractivity contribution in [2.45, 2.75) is 69.7 Å². The normalized spacial score (nSPS) is 23.8. The lowest BCUT2D eigenvalue weighted by Gasteiger charge is -2.32. The van der Waals surface area contributed by atoms with Crippen molar-refractivity contribution in [2.75, 3.05) is 14.2 Å². The summed E-state index contributed by atoms with van der Waals surface area (Å²) in [6.45, 7) is 0. The topological polar surface area (TPSA) is 96.2 Å².